The van der Waals surface area contributed by atoms with Gasteiger partial charge >= 0.3 is 6.18 Å². The maximum atomic E-state index is 12.4. The van der Waals surface area contributed by atoms with Crippen LogP contribution in [-0.2, 0) is 17.4 Å². The molecule has 120 valence electrons. The highest BCUT2D eigenvalue weighted by molar-refractivity contribution is 5.91. The molecule has 6 heteroatoms. The maximum Gasteiger partial charge on any atom is 0.416 e. The zero-order valence-electron chi connectivity index (χ0n) is 12.2. The van der Waals surface area contributed by atoms with Crippen LogP contribution in [0.1, 0.15) is 16.7 Å². The van der Waals surface area contributed by atoms with Gasteiger partial charge in [-0.15, -0.1) is 0 Å². The maximum absolute atomic E-state index is 12.4. The first-order valence-corrected chi connectivity index (χ1v) is 6.97. The van der Waals surface area contributed by atoms with Crippen molar-refractivity contribution in [2.45, 2.75) is 12.6 Å². The van der Waals surface area contributed by atoms with Crippen LogP contribution in [0.2, 0.25) is 0 Å². The molecule has 0 aliphatic carbocycles. The average molecular weight is 320 g/mol. The molecule has 1 amide bonds. The number of carbonyl (C=O) groups excluding carboxylic acids is 1. The molecule has 1 N–H and O–H groups in total. The number of aromatic nitrogens is 1. The van der Waals surface area contributed by atoms with E-state index in [1.165, 1.54) is 18.2 Å². The highest BCUT2D eigenvalue weighted by Gasteiger charge is 2.29. The molecule has 2 rings (SSSR count). The minimum Gasteiger partial charge on any atom is -0.352 e. The smallest absolute Gasteiger partial charge is 0.352 e. The molecule has 1 heterocycles. The van der Waals surface area contributed by atoms with Crippen molar-refractivity contribution in [2.75, 3.05) is 6.54 Å². The molecule has 0 saturated carbocycles. The molecule has 1 aromatic carbocycles. The summed E-state index contributed by atoms with van der Waals surface area (Å²) in [6.07, 6.45) is 2.44. The van der Waals surface area contributed by atoms with E-state index < -0.39 is 11.7 Å². The van der Waals surface area contributed by atoms with Gasteiger partial charge in [0.2, 0.25) is 5.91 Å². The van der Waals surface area contributed by atoms with Gasteiger partial charge in [-0.1, -0.05) is 18.2 Å². The van der Waals surface area contributed by atoms with Crippen molar-refractivity contribution < 1.29 is 18.0 Å². The van der Waals surface area contributed by atoms with Crippen LogP contribution in [0.15, 0.2) is 54.9 Å². The Morgan fingerprint density at radius 3 is 2.52 bits per heavy atom. The van der Waals surface area contributed by atoms with Crippen molar-refractivity contribution in [3.05, 3.63) is 71.6 Å². The number of carbonyl (C=O) groups is 1. The third-order valence-corrected chi connectivity index (χ3v) is 3.11. The second-order valence-electron chi connectivity index (χ2n) is 4.86. The van der Waals surface area contributed by atoms with Crippen LogP contribution in [0.5, 0.6) is 0 Å². The number of hydrogen-bond donors (Lipinski definition) is 1. The van der Waals surface area contributed by atoms with Crippen LogP contribution in [0.3, 0.4) is 0 Å². The van der Waals surface area contributed by atoms with Gasteiger partial charge in [-0.3, -0.25) is 9.78 Å². The molecule has 0 atom stereocenters. The SMILES string of the molecule is O=C(/C=C/c1cccnc1)NCCc1ccc(C(F)(F)F)cc1. The number of benzene rings is 1. The number of hydrogen-bond acceptors (Lipinski definition) is 2. The number of nitrogens with one attached hydrogen (secondary N) is 1. The van der Waals surface area contributed by atoms with Gasteiger partial charge in [0.25, 0.3) is 0 Å². The Morgan fingerprint density at radius 2 is 1.91 bits per heavy atom. The molecule has 2 aromatic rings. The van der Waals surface area contributed by atoms with Gasteiger partial charge in [0.1, 0.15) is 0 Å². The number of halogens is 3. The molecular formula is C17H15F3N2O. The second kappa shape index (κ2) is 7.58. The summed E-state index contributed by atoms with van der Waals surface area (Å²) >= 11 is 0. The first-order chi connectivity index (χ1) is 10.9. The van der Waals surface area contributed by atoms with Crippen molar-refractivity contribution >= 4 is 12.0 Å². The monoisotopic (exact) mass is 320 g/mol. The third kappa shape index (κ3) is 5.58. The fourth-order valence-electron chi connectivity index (χ4n) is 1.90. The van der Waals surface area contributed by atoms with Gasteiger partial charge < -0.3 is 5.32 Å². The minimum atomic E-state index is -4.33. The summed E-state index contributed by atoms with van der Waals surface area (Å²) in [5.41, 5.74) is 0.865. The van der Waals surface area contributed by atoms with Gasteiger partial charge in [-0.05, 0) is 41.8 Å². The van der Waals surface area contributed by atoms with Gasteiger partial charge in [0.15, 0.2) is 0 Å². The summed E-state index contributed by atoms with van der Waals surface area (Å²) in [5.74, 6) is -0.263. The third-order valence-electron chi connectivity index (χ3n) is 3.11. The van der Waals surface area contributed by atoms with E-state index >= 15 is 0 Å². The zero-order valence-corrected chi connectivity index (χ0v) is 12.2. The summed E-state index contributed by atoms with van der Waals surface area (Å²) in [6.45, 7) is 0.349. The molecule has 0 saturated heterocycles. The van der Waals surface area contributed by atoms with Crippen LogP contribution in [-0.4, -0.2) is 17.4 Å². The van der Waals surface area contributed by atoms with Gasteiger partial charge in [-0.2, -0.15) is 13.2 Å². The number of pyridine rings is 1. The van der Waals surface area contributed by atoms with E-state index in [-0.39, 0.29) is 5.91 Å². The number of rotatable bonds is 5. The Bertz CT molecular complexity index is 664. The lowest BCUT2D eigenvalue weighted by molar-refractivity contribution is -0.137. The molecule has 3 nitrogen and oxygen atoms in total. The Labute approximate surface area is 131 Å². The topological polar surface area (TPSA) is 42.0 Å². The van der Waals surface area contributed by atoms with Crippen LogP contribution < -0.4 is 5.32 Å². The molecule has 0 unspecified atom stereocenters. The fraction of sp³-hybridized carbons (Fsp3) is 0.176. The van der Waals surface area contributed by atoms with E-state index in [9.17, 15) is 18.0 Å². The number of nitrogens with zero attached hydrogens (tertiary/aromatic N) is 1. The van der Waals surface area contributed by atoms with Crippen LogP contribution in [0, 0.1) is 0 Å². The number of alkyl halides is 3. The predicted octanol–water partition coefficient (Wildman–Crippen LogP) is 3.47. The number of amides is 1. The molecule has 0 radical (unpaired) electrons. The molecule has 0 spiro atoms. The quantitative estimate of drug-likeness (QED) is 0.857. The summed E-state index contributed by atoms with van der Waals surface area (Å²) in [7, 11) is 0. The normalized spacial score (nSPS) is 11.6. The second-order valence-corrected chi connectivity index (χ2v) is 4.86. The van der Waals surface area contributed by atoms with Gasteiger partial charge in [0, 0.05) is 25.0 Å². The molecule has 1 aromatic heterocycles. The molecule has 0 aliphatic heterocycles. The van der Waals surface area contributed by atoms with E-state index in [1.807, 2.05) is 6.07 Å². The summed E-state index contributed by atoms with van der Waals surface area (Å²) in [6, 6.07) is 8.50. The summed E-state index contributed by atoms with van der Waals surface area (Å²) in [4.78, 5) is 15.6. The van der Waals surface area contributed by atoms with Gasteiger partial charge in [0.05, 0.1) is 5.56 Å². The van der Waals surface area contributed by atoms with E-state index in [0.717, 1.165) is 23.3 Å². The molecule has 0 bridgehead atoms. The van der Waals surface area contributed by atoms with Crippen molar-refractivity contribution in [1.29, 1.82) is 0 Å². The van der Waals surface area contributed by atoms with E-state index in [2.05, 4.69) is 10.3 Å². The average Bonchev–Trinajstić information content (AvgIpc) is 2.53. The first kappa shape index (κ1) is 16.7. The van der Waals surface area contributed by atoms with Crippen molar-refractivity contribution in [1.82, 2.24) is 10.3 Å². The molecular weight excluding hydrogens is 305 g/mol. The lowest BCUT2D eigenvalue weighted by atomic mass is 10.1. The molecule has 0 aliphatic rings. The van der Waals surface area contributed by atoms with Gasteiger partial charge in [-0.25, -0.2) is 0 Å². The lowest BCUT2D eigenvalue weighted by Crippen LogP contribution is -2.23. The summed E-state index contributed by atoms with van der Waals surface area (Å²) < 4.78 is 37.3. The largest absolute Gasteiger partial charge is 0.416 e. The Hall–Kier alpha value is -2.63. The first-order valence-electron chi connectivity index (χ1n) is 6.97. The zero-order chi connectivity index (χ0) is 16.7. The Morgan fingerprint density at radius 1 is 1.17 bits per heavy atom. The highest BCUT2D eigenvalue weighted by atomic mass is 19.4. The predicted molar refractivity (Wildman–Crippen MR) is 81.4 cm³/mol. The Kier molecular flexibility index (Phi) is 5.51. The van der Waals surface area contributed by atoms with Crippen molar-refractivity contribution in [2.24, 2.45) is 0 Å². The summed E-state index contributed by atoms with van der Waals surface area (Å²) in [5, 5.41) is 2.68. The van der Waals surface area contributed by atoms with Crippen molar-refractivity contribution in [3.63, 3.8) is 0 Å². The van der Waals surface area contributed by atoms with E-state index in [4.69, 9.17) is 0 Å². The van der Waals surface area contributed by atoms with Crippen LogP contribution >= 0.6 is 0 Å². The molecule has 23 heavy (non-hydrogen) atoms. The fourth-order valence-corrected chi connectivity index (χ4v) is 1.90. The lowest BCUT2D eigenvalue weighted by Gasteiger charge is -2.07. The molecule has 0 fully saturated rings. The van der Waals surface area contributed by atoms with Crippen LogP contribution in [0.25, 0.3) is 6.08 Å². The standard InChI is InChI=1S/C17H15F3N2O/c18-17(19,20)15-6-3-13(4-7-15)9-11-22-16(23)8-5-14-2-1-10-21-12-14/h1-8,10,12H,9,11H2,(H,22,23)/b8-5+. The highest BCUT2D eigenvalue weighted by Crippen LogP contribution is 2.29. The van der Waals surface area contributed by atoms with E-state index in [0.29, 0.717) is 13.0 Å². The van der Waals surface area contributed by atoms with Crippen LogP contribution in [0.4, 0.5) is 13.2 Å². The van der Waals surface area contributed by atoms with E-state index in [1.54, 1.807) is 24.5 Å². The van der Waals surface area contributed by atoms with Crippen molar-refractivity contribution in [3.8, 4) is 0 Å². The Balaban J connectivity index is 1.78. The minimum absolute atomic E-state index is 0.263.